The molecule has 1 unspecified atom stereocenters. The summed E-state index contributed by atoms with van der Waals surface area (Å²) in [5, 5.41) is 3.17. The van der Waals surface area contributed by atoms with Crippen molar-refractivity contribution in [3.63, 3.8) is 0 Å². The molecular formula is C16H16F3NS. The Hall–Kier alpha value is -1.46. The van der Waals surface area contributed by atoms with E-state index in [-0.39, 0.29) is 11.9 Å². The van der Waals surface area contributed by atoms with E-state index in [1.807, 2.05) is 6.92 Å². The Morgan fingerprint density at radius 3 is 2.48 bits per heavy atom. The second-order valence-corrected chi connectivity index (χ2v) is 5.64. The Labute approximate surface area is 126 Å². The Morgan fingerprint density at radius 1 is 1.05 bits per heavy atom. The summed E-state index contributed by atoms with van der Waals surface area (Å²) in [6.07, 6.45) is 0. The van der Waals surface area contributed by atoms with Gasteiger partial charge < -0.3 is 5.32 Å². The van der Waals surface area contributed by atoms with Gasteiger partial charge in [-0.05, 0) is 30.8 Å². The third-order valence-corrected chi connectivity index (χ3v) is 4.09. The zero-order chi connectivity index (χ0) is 15.2. The number of hydrogen-bond donors (Lipinski definition) is 1. The molecule has 2 aromatic rings. The molecule has 21 heavy (non-hydrogen) atoms. The van der Waals surface area contributed by atoms with Crippen LogP contribution in [0.15, 0.2) is 47.4 Å². The van der Waals surface area contributed by atoms with Crippen LogP contribution in [0.2, 0.25) is 0 Å². The molecule has 2 rings (SSSR count). The first kappa shape index (κ1) is 15.9. The second kappa shape index (κ2) is 7.52. The van der Waals surface area contributed by atoms with E-state index in [0.29, 0.717) is 17.9 Å². The van der Waals surface area contributed by atoms with Crippen molar-refractivity contribution in [2.24, 2.45) is 0 Å². The first-order valence-electron chi connectivity index (χ1n) is 6.67. The summed E-state index contributed by atoms with van der Waals surface area (Å²) in [5.74, 6) is -0.933. The average Bonchev–Trinajstić information content (AvgIpc) is 2.44. The molecule has 112 valence electrons. The molecule has 0 heterocycles. The van der Waals surface area contributed by atoms with Gasteiger partial charge in [0.1, 0.15) is 17.5 Å². The van der Waals surface area contributed by atoms with E-state index in [1.165, 1.54) is 36.0 Å². The van der Waals surface area contributed by atoms with Crippen molar-refractivity contribution in [1.82, 2.24) is 5.32 Å². The lowest BCUT2D eigenvalue weighted by atomic mass is 10.1. The molecule has 0 bridgehead atoms. The van der Waals surface area contributed by atoms with Crippen LogP contribution in [0.1, 0.15) is 18.5 Å². The Morgan fingerprint density at radius 2 is 1.81 bits per heavy atom. The van der Waals surface area contributed by atoms with Gasteiger partial charge in [0.15, 0.2) is 0 Å². The summed E-state index contributed by atoms with van der Waals surface area (Å²) in [5.41, 5.74) is 0.419. The van der Waals surface area contributed by atoms with Crippen LogP contribution in [-0.2, 0) is 0 Å². The SMILES string of the molecule is CCNC(CSc1cccc(F)c1)c1ccc(F)cc1F. The normalized spacial score (nSPS) is 12.4. The lowest BCUT2D eigenvalue weighted by molar-refractivity contribution is 0.531. The highest BCUT2D eigenvalue weighted by molar-refractivity contribution is 7.99. The predicted octanol–water partition coefficient (Wildman–Crippen LogP) is 4.55. The molecule has 1 nitrogen and oxygen atoms in total. The molecule has 0 amide bonds. The highest BCUT2D eigenvalue weighted by Gasteiger charge is 2.16. The van der Waals surface area contributed by atoms with Crippen molar-refractivity contribution in [2.75, 3.05) is 12.3 Å². The van der Waals surface area contributed by atoms with E-state index in [9.17, 15) is 13.2 Å². The Bertz CT molecular complexity index is 604. The largest absolute Gasteiger partial charge is 0.309 e. The van der Waals surface area contributed by atoms with E-state index >= 15 is 0 Å². The van der Waals surface area contributed by atoms with Gasteiger partial charge in [0, 0.05) is 28.3 Å². The maximum absolute atomic E-state index is 13.9. The number of benzene rings is 2. The van der Waals surface area contributed by atoms with Gasteiger partial charge in [0.2, 0.25) is 0 Å². The van der Waals surface area contributed by atoms with Gasteiger partial charge in [-0.3, -0.25) is 0 Å². The smallest absolute Gasteiger partial charge is 0.130 e. The van der Waals surface area contributed by atoms with Gasteiger partial charge in [-0.1, -0.05) is 19.1 Å². The summed E-state index contributed by atoms with van der Waals surface area (Å²) in [4.78, 5) is 0.778. The molecule has 0 fully saturated rings. The molecule has 5 heteroatoms. The van der Waals surface area contributed by atoms with Crippen molar-refractivity contribution < 1.29 is 13.2 Å². The molecule has 0 spiro atoms. The van der Waals surface area contributed by atoms with Crippen molar-refractivity contribution >= 4 is 11.8 Å². The molecule has 1 atom stereocenters. The van der Waals surface area contributed by atoms with Crippen LogP contribution >= 0.6 is 11.8 Å². The van der Waals surface area contributed by atoms with Gasteiger partial charge in [0.25, 0.3) is 0 Å². The third kappa shape index (κ3) is 4.51. The van der Waals surface area contributed by atoms with Crippen molar-refractivity contribution in [2.45, 2.75) is 17.9 Å². The van der Waals surface area contributed by atoms with Crippen LogP contribution in [0.3, 0.4) is 0 Å². The quantitative estimate of drug-likeness (QED) is 0.786. The van der Waals surface area contributed by atoms with Gasteiger partial charge in [0.05, 0.1) is 0 Å². The second-order valence-electron chi connectivity index (χ2n) is 4.54. The summed E-state index contributed by atoms with van der Waals surface area (Å²) in [6, 6.07) is 9.58. The predicted molar refractivity (Wildman–Crippen MR) is 79.9 cm³/mol. The summed E-state index contributed by atoms with van der Waals surface area (Å²) >= 11 is 1.43. The molecule has 1 N–H and O–H groups in total. The third-order valence-electron chi connectivity index (χ3n) is 3.00. The van der Waals surface area contributed by atoms with Crippen LogP contribution in [0.4, 0.5) is 13.2 Å². The number of thioether (sulfide) groups is 1. The molecule has 0 saturated carbocycles. The zero-order valence-corrected chi connectivity index (χ0v) is 12.4. The molecule has 0 radical (unpaired) electrons. The van der Waals surface area contributed by atoms with Gasteiger partial charge >= 0.3 is 0 Å². The number of rotatable bonds is 6. The molecule has 0 saturated heterocycles. The van der Waals surface area contributed by atoms with Gasteiger partial charge in [-0.2, -0.15) is 0 Å². The average molecular weight is 311 g/mol. The van der Waals surface area contributed by atoms with Crippen molar-refractivity contribution in [3.8, 4) is 0 Å². The van der Waals surface area contributed by atoms with Gasteiger partial charge in [-0.15, -0.1) is 11.8 Å². The first-order valence-corrected chi connectivity index (χ1v) is 7.65. The van der Waals surface area contributed by atoms with E-state index in [1.54, 1.807) is 12.1 Å². The number of hydrogen-bond acceptors (Lipinski definition) is 2. The summed E-state index contributed by atoms with van der Waals surface area (Å²) in [6.45, 7) is 2.58. The molecule has 0 aliphatic heterocycles. The number of halogens is 3. The van der Waals surface area contributed by atoms with Crippen LogP contribution in [0.25, 0.3) is 0 Å². The lowest BCUT2D eigenvalue weighted by Gasteiger charge is -2.18. The highest BCUT2D eigenvalue weighted by Crippen LogP contribution is 2.27. The molecule has 0 aliphatic carbocycles. The Balaban J connectivity index is 2.12. The number of nitrogens with one attached hydrogen (secondary N) is 1. The van der Waals surface area contributed by atoms with E-state index in [4.69, 9.17) is 0 Å². The lowest BCUT2D eigenvalue weighted by Crippen LogP contribution is -2.24. The monoisotopic (exact) mass is 311 g/mol. The standard InChI is InChI=1S/C16H16F3NS/c1-2-20-16(14-7-6-12(18)9-15(14)19)10-21-13-5-3-4-11(17)8-13/h3-9,16,20H,2,10H2,1H3. The fourth-order valence-corrected chi connectivity index (χ4v) is 3.05. The summed E-state index contributed by atoms with van der Waals surface area (Å²) < 4.78 is 40.0. The van der Waals surface area contributed by atoms with E-state index in [2.05, 4.69) is 5.32 Å². The van der Waals surface area contributed by atoms with Crippen LogP contribution in [-0.4, -0.2) is 12.3 Å². The minimum atomic E-state index is -0.593. The minimum absolute atomic E-state index is 0.260. The van der Waals surface area contributed by atoms with Crippen molar-refractivity contribution in [1.29, 1.82) is 0 Å². The molecule has 0 aliphatic rings. The molecular weight excluding hydrogens is 295 g/mol. The molecule has 0 aromatic heterocycles. The van der Waals surface area contributed by atoms with Crippen molar-refractivity contribution in [3.05, 3.63) is 65.5 Å². The molecule has 2 aromatic carbocycles. The fraction of sp³-hybridized carbons (Fsp3) is 0.250. The van der Waals surface area contributed by atoms with Gasteiger partial charge in [-0.25, -0.2) is 13.2 Å². The topological polar surface area (TPSA) is 12.0 Å². The highest BCUT2D eigenvalue weighted by atomic mass is 32.2. The van der Waals surface area contributed by atoms with Crippen LogP contribution in [0.5, 0.6) is 0 Å². The van der Waals surface area contributed by atoms with Crippen LogP contribution < -0.4 is 5.32 Å². The van der Waals surface area contributed by atoms with E-state index in [0.717, 1.165) is 11.0 Å². The first-order chi connectivity index (χ1) is 10.1. The van der Waals surface area contributed by atoms with Crippen LogP contribution in [0, 0.1) is 17.5 Å². The maximum Gasteiger partial charge on any atom is 0.130 e. The minimum Gasteiger partial charge on any atom is -0.309 e. The fourth-order valence-electron chi connectivity index (χ4n) is 2.03. The zero-order valence-electron chi connectivity index (χ0n) is 11.6. The Kier molecular flexibility index (Phi) is 5.70. The maximum atomic E-state index is 13.9. The van der Waals surface area contributed by atoms with E-state index < -0.39 is 11.6 Å². The summed E-state index contributed by atoms with van der Waals surface area (Å²) in [7, 11) is 0.